The number of allylic oxidation sites excluding steroid dienone is 1. The summed E-state index contributed by atoms with van der Waals surface area (Å²) in [5.41, 5.74) is 6.85. The fourth-order valence-electron chi connectivity index (χ4n) is 6.95. The average Bonchev–Trinajstić information content (AvgIpc) is 2.90. The van der Waals surface area contributed by atoms with Crippen LogP contribution in [0.25, 0.3) is 28.1 Å². The minimum Gasteiger partial charge on any atom is -0.508 e. The maximum absolute atomic E-state index is 10.4. The van der Waals surface area contributed by atoms with E-state index in [0.717, 1.165) is 91.6 Å². The van der Waals surface area contributed by atoms with Crippen LogP contribution >= 0.6 is 0 Å². The topological polar surface area (TPSA) is 55.7 Å². The first-order chi connectivity index (χ1) is 18.5. The van der Waals surface area contributed by atoms with Crippen LogP contribution in [0.4, 0.5) is 5.82 Å². The van der Waals surface area contributed by atoms with Crippen LogP contribution in [0, 0.1) is 5.92 Å². The van der Waals surface area contributed by atoms with E-state index in [-0.39, 0.29) is 0 Å². The van der Waals surface area contributed by atoms with E-state index >= 15 is 0 Å². The van der Waals surface area contributed by atoms with Gasteiger partial charge in [0, 0.05) is 62.3 Å². The molecule has 2 aromatic carbocycles. The highest BCUT2D eigenvalue weighted by molar-refractivity contribution is 5.94. The molecule has 0 spiro atoms. The molecule has 4 saturated heterocycles. The lowest BCUT2D eigenvalue weighted by Crippen LogP contribution is -2.69. The molecular formula is C32H37N5O. The second kappa shape index (κ2) is 9.12. The van der Waals surface area contributed by atoms with Gasteiger partial charge < -0.3 is 14.9 Å². The number of aromatic hydroxyl groups is 1. The summed E-state index contributed by atoms with van der Waals surface area (Å²) in [5, 5.41) is 11.6. The maximum Gasteiger partial charge on any atom is 0.140 e. The van der Waals surface area contributed by atoms with Crippen LogP contribution in [0.3, 0.4) is 0 Å². The maximum atomic E-state index is 10.4. The Morgan fingerprint density at radius 3 is 2.66 bits per heavy atom. The number of aryl methyl sites for hydroxylation is 2. The molecule has 0 amide bonds. The van der Waals surface area contributed by atoms with Crippen molar-refractivity contribution < 1.29 is 5.11 Å². The van der Waals surface area contributed by atoms with E-state index in [1.54, 1.807) is 0 Å². The van der Waals surface area contributed by atoms with Crippen LogP contribution in [-0.4, -0.2) is 69.7 Å². The summed E-state index contributed by atoms with van der Waals surface area (Å²) in [6, 6.07) is 11.3. The number of hydrogen-bond acceptors (Lipinski definition) is 6. The number of anilines is 1. The molecule has 196 valence electrons. The lowest BCUT2D eigenvalue weighted by Gasteiger charge is -2.57. The summed E-state index contributed by atoms with van der Waals surface area (Å²) in [6.45, 7) is 14.2. The average molecular weight is 508 g/mol. The van der Waals surface area contributed by atoms with Crippen molar-refractivity contribution in [2.24, 2.45) is 5.92 Å². The van der Waals surface area contributed by atoms with E-state index in [9.17, 15) is 5.11 Å². The number of hydrogen-bond donors (Lipinski definition) is 1. The highest BCUT2D eigenvalue weighted by Crippen LogP contribution is 2.41. The smallest absolute Gasteiger partial charge is 0.140 e. The van der Waals surface area contributed by atoms with Crippen molar-refractivity contribution in [1.82, 2.24) is 19.8 Å². The second-order valence-electron chi connectivity index (χ2n) is 11.8. The van der Waals surface area contributed by atoms with E-state index in [4.69, 9.17) is 9.97 Å². The van der Waals surface area contributed by atoms with Crippen molar-refractivity contribution in [3.05, 3.63) is 65.6 Å². The van der Waals surface area contributed by atoms with Crippen molar-refractivity contribution in [1.29, 1.82) is 0 Å². The highest BCUT2D eigenvalue weighted by atomic mass is 16.3. The van der Waals surface area contributed by atoms with Gasteiger partial charge in [-0.05, 0) is 71.7 Å². The summed E-state index contributed by atoms with van der Waals surface area (Å²) >= 11 is 0. The number of nitrogens with zero attached hydrogens (tertiary/aromatic N) is 5. The summed E-state index contributed by atoms with van der Waals surface area (Å²) < 4.78 is 0. The predicted molar refractivity (Wildman–Crippen MR) is 154 cm³/mol. The van der Waals surface area contributed by atoms with E-state index in [0.29, 0.717) is 17.8 Å². The van der Waals surface area contributed by atoms with Crippen LogP contribution in [0.1, 0.15) is 43.6 Å². The zero-order chi connectivity index (χ0) is 26.0. The molecule has 38 heavy (non-hydrogen) atoms. The summed E-state index contributed by atoms with van der Waals surface area (Å²) in [7, 11) is 0. The van der Waals surface area contributed by atoms with Gasteiger partial charge in [-0.25, -0.2) is 9.97 Å². The molecule has 3 aromatic rings. The van der Waals surface area contributed by atoms with Gasteiger partial charge in [0.15, 0.2) is 0 Å². The van der Waals surface area contributed by atoms with E-state index in [1.165, 1.54) is 23.2 Å². The number of likely N-dealkylation sites (tertiary alicyclic amines) is 1. The number of benzene rings is 2. The van der Waals surface area contributed by atoms with Gasteiger partial charge in [-0.3, -0.25) is 4.90 Å². The molecule has 0 saturated carbocycles. The quantitative estimate of drug-likeness (QED) is 0.492. The monoisotopic (exact) mass is 507 g/mol. The first-order valence-electron chi connectivity index (χ1n) is 14.2. The Kier molecular flexibility index (Phi) is 5.69. The first kappa shape index (κ1) is 23.7. The Morgan fingerprint density at radius 1 is 1.08 bits per heavy atom. The van der Waals surface area contributed by atoms with Gasteiger partial charge >= 0.3 is 0 Å². The van der Waals surface area contributed by atoms with E-state index < -0.39 is 0 Å². The van der Waals surface area contributed by atoms with Gasteiger partial charge in [0.1, 0.15) is 17.4 Å². The Hall–Kier alpha value is -3.38. The van der Waals surface area contributed by atoms with Crippen LogP contribution in [0.2, 0.25) is 0 Å². The van der Waals surface area contributed by atoms with Gasteiger partial charge in [0.25, 0.3) is 0 Å². The lowest BCUT2D eigenvalue weighted by atomic mass is 9.86. The molecule has 5 aliphatic rings. The fourth-order valence-corrected chi connectivity index (χ4v) is 6.95. The third kappa shape index (κ3) is 3.97. The number of phenols is 1. The van der Waals surface area contributed by atoms with Crippen molar-refractivity contribution in [3.8, 4) is 16.9 Å². The zero-order valence-electron chi connectivity index (χ0n) is 22.5. The third-order valence-corrected chi connectivity index (χ3v) is 8.90. The molecule has 1 aliphatic carbocycles. The Morgan fingerprint density at radius 2 is 1.89 bits per heavy atom. The molecule has 1 N–H and O–H groups in total. The zero-order valence-corrected chi connectivity index (χ0v) is 22.5. The van der Waals surface area contributed by atoms with Crippen LogP contribution in [0.5, 0.6) is 5.75 Å². The molecule has 1 aromatic heterocycles. The van der Waals surface area contributed by atoms with Gasteiger partial charge in [0.05, 0.1) is 5.52 Å². The minimum absolute atomic E-state index is 0.330. The molecule has 4 aliphatic heterocycles. The van der Waals surface area contributed by atoms with E-state index in [2.05, 4.69) is 65.5 Å². The number of fused-ring (bicyclic) bond motifs is 4. The number of rotatable bonds is 6. The number of aromatic nitrogens is 2. The standard InChI is InChI=1S/C32H37N5O/c1-4-31-33-30-12-23(29-14-26(38)11-22-7-5-6-8-27(22)29)9-10-28(30)32(34-31)37-24-13-25(37)19-35(18-24)17-21(3)36-15-20(2)16-36/h6,8-12,14,20,24-25,38H,3-5,7,13,15-19H2,1-2H3. The van der Waals surface area contributed by atoms with E-state index in [1.807, 2.05) is 12.1 Å². The summed E-state index contributed by atoms with van der Waals surface area (Å²) in [5.74, 6) is 3.11. The molecule has 4 fully saturated rings. The Bertz CT molecular complexity index is 1440. The number of piperidine rings is 1. The lowest BCUT2D eigenvalue weighted by molar-refractivity contribution is 0.0956. The Balaban J connectivity index is 1.18. The molecule has 6 heteroatoms. The van der Waals surface area contributed by atoms with Gasteiger partial charge in [-0.1, -0.05) is 38.6 Å². The molecule has 8 rings (SSSR count). The normalized spacial score (nSPS) is 22.8. The highest BCUT2D eigenvalue weighted by Gasteiger charge is 2.46. The number of piperazine rings is 1. The summed E-state index contributed by atoms with van der Waals surface area (Å²) in [6.07, 6.45) is 8.45. The SMILES string of the molecule is C=C(CN1CC2CC(C1)N2c1nc(CC)nc2cc(-c3cc(O)cc4c3C=CCC4)ccc12)N1CC(C)C1. The Labute approximate surface area is 225 Å². The number of phenolic OH excluding ortho intramolecular Hbond substituents is 1. The molecule has 2 bridgehead atoms. The first-order valence-corrected chi connectivity index (χ1v) is 14.2. The minimum atomic E-state index is 0.330. The van der Waals surface area contributed by atoms with Crippen LogP contribution in [-0.2, 0) is 12.8 Å². The largest absolute Gasteiger partial charge is 0.508 e. The molecule has 0 radical (unpaired) electrons. The molecule has 6 nitrogen and oxygen atoms in total. The molecule has 5 heterocycles. The van der Waals surface area contributed by atoms with Crippen LogP contribution in [0.15, 0.2) is 48.7 Å². The molecule has 2 unspecified atom stereocenters. The summed E-state index contributed by atoms with van der Waals surface area (Å²) in [4.78, 5) is 17.6. The predicted octanol–water partition coefficient (Wildman–Crippen LogP) is 5.25. The molecule has 2 atom stereocenters. The third-order valence-electron chi connectivity index (χ3n) is 8.90. The van der Waals surface area contributed by atoms with Gasteiger partial charge in [-0.2, -0.15) is 0 Å². The molecular weight excluding hydrogens is 470 g/mol. The van der Waals surface area contributed by atoms with Crippen molar-refractivity contribution >= 4 is 22.8 Å². The van der Waals surface area contributed by atoms with Gasteiger partial charge in [-0.15, -0.1) is 0 Å². The second-order valence-corrected chi connectivity index (χ2v) is 11.8. The van der Waals surface area contributed by atoms with Crippen molar-refractivity contribution in [2.45, 2.75) is 51.6 Å². The van der Waals surface area contributed by atoms with Crippen molar-refractivity contribution in [3.63, 3.8) is 0 Å². The van der Waals surface area contributed by atoms with Crippen molar-refractivity contribution in [2.75, 3.05) is 37.6 Å². The van der Waals surface area contributed by atoms with Crippen LogP contribution < -0.4 is 4.90 Å². The van der Waals surface area contributed by atoms with Gasteiger partial charge in [0.2, 0.25) is 0 Å². The fraction of sp³-hybridized carbons (Fsp3) is 0.438.